The van der Waals surface area contributed by atoms with Crippen molar-refractivity contribution in [2.75, 3.05) is 6.61 Å². The second-order valence-electron chi connectivity index (χ2n) is 3.97. The summed E-state index contributed by atoms with van der Waals surface area (Å²) in [5, 5.41) is 11.2. The van der Waals surface area contributed by atoms with E-state index in [-0.39, 0.29) is 5.75 Å². The molecule has 0 aliphatic carbocycles. The highest BCUT2D eigenvalue weighted by Crippen LogP contribution is 2.14. The molecule has 0 fully saturated rings. The van der Waals surface area contributed by atoms with Crippen LogP contribution < -0.4 is 10.1 Å². The summed E-state index contributed by atoms with van der Waals surface area (Å²) in [5.41, 5.74) is 0. The summed E-state index contributed by atoms with van der Waals surface area (Å²) >= 11 is 0. The zero-order valence-corrected chi connectivity index (χ0v) is 10.6. The normalized spacial score (nSPS) is 11.7. The third-order valence-corrected chi connectivity index (χ3v) is 2.41. The minimum absolute atomic E-state index is 0.0417. The Bertz CT molecular complexity index is 450. The van der Waals surface area contributed by atoms with Crippen LogP contribution in [0.5, 0.6) is 5.75 Å². The van der Waals surface area contributed by atoms with Gasteiger partial charge in [0.05, 0.1) is 0 Å². The predicted molar refractivity (Wildman–Crippen MR) is 66.4 cm³/mol. The molecule has 19 heavy (non-hydrogen) atoms. The number of ether oxygens (including phenoxy) is 1. The average Bonchev–Trinajstić information content (AvgIpc) is 2.37. The molecule has 1 aromatic rings. The molecule has 104 valence electrons. The van der Waals surface area contributed by atoms with Gasteiger partial charge in [-0.1, -0.05) is 25.5 Å². The van der Waals surface area contributed by atoms with Crippen molar-refractivity contribution in [3.05, 3.63) is 30.1 Å². The first-order chi connectivity index (χ1) is 9.04. The highest BCUT2D eigenvalue weighted by atomic mass is 19.1. The Morgan fingerprint density at radius 3 is 2.68 bits per heavy atom. The molecule has 1 atom stereocenters. The molecule has 1 amide bonds. The molecule has 1 rings (SSSR count). The van der Waals surface area contributed by atoms with Crippen molar-refractivity contribution in [1.29, 1.82) is 0 Å². The fourth-order valence-corrected chi connectivity index (χ4v) is 1.49. The highest BCUT2D eigenvalue weighted by Gasteiger charge is 2.19. The van der Waals surface area contributed by atoms with Crippen molar-refractivity contribution in [2.45, 2.75) is 25.8 Å². The maximum absolute atomic E-state index is 13.2. The van der Waals surface area contributed by atoms with Crippen LogP contribution in [-0.2, 0) is 9.59 Å². The Morgan fingerprint density at radius 1 is 1.42 bits per heavy atom. The van der Waals surface area contributed by atoms with Crippen LogP contribution in [0.4, 0.5) is 4.39 Å². The van der Waals surface area contributed by atoms with Gasteiger partial charge in [0.1, 0.15) is 6.04 Å². The van der Waals surface area contributed by atoms with E-state index in [9.17, 15) is 14.0 Å². The van der Waals surface area contributed by atoms with Gasteiger partial charge in [0.15, 0.2) is 18.2 Å². The zero-order valence-electron chi connectivity index (χ0n) is 10.6. The number of benzene rings is 1. The number of hydrogen-bond donors (Lipinski definition) is 2. The van der Waals surface area contributed by atoms with E-state index < -0.39 is 30.3 Å². The second-order valence-corrected chi connectivity index (χ2v) is 3.97. The molecule has 0 aliphatic rings. The molecule has 0 radical (unpaired) electrons. The summed E-state index contributed by atoms with van der Waals surface area (Å²) in [7, 11) is 0. The average molecular weight is 269 g/mol. The number of halogens is 1. The number of hydrogen-bond acceptors (Lipinski definition) is 3. The van der Waals surface area contributed by atoms with E-state index in [2.05, 4.69) is 5.32 Å². The van der Waals surface area contributed by atoms with Crippen LogP contribution >= 0.6 is 0 Å². The fraction of sp³-hybridized carbons (Fsp3) is 0.385. The molecule has 0 aliphatic heterocycles. The third kappa shape index (κ3) is 4.95. The maximum atomic E-state index is 13.2. The SMILES string of the molecule is CCC[C@@H](NC(=O)COc1ccccc1F)C(=O)O. The summed E-state index contributed by atoms with van der Waals surface area (Å²) in [5.74, 6) is -2.30. The number of carbonyl (C=O) groups is 2. The maximum Gasteiger partial charge on any atom is 0.326 e. The molecule has 0 unspecified atom stereocenters. The number of para-hydroxylation sites is 1. The van der Waals surface area contributed by atoms with Crippen molar-refractivity contribution in [2.24, 2.45) is 0 Å². The number of carboxylic acid groups (broad SMARTS) is 1. The van der Waals surface area contributed by atoms with E-state index in [0.717, 1.165) is 0 Å². The van der Waals surface area contributed by atoms with Crippen LogP contribution in [0.15, 0.2) is 24.3 Å². The number of amides is 1. The summed E-state index contributed by atoms with van der Waals surface area (Å²) in [6.45, 7) is 1.40. The van der Waals surface area contributed by atoms with Crippen molar-refractivity contribution in [3.8, 4) is 5.75 Å². The quantitative estimate of drug-likeness (QED) is 0.788. The summed E-state index contributed by atoms with van der Waals surface area (Å²) in [6.07, 6.45) is 0.964. The van der Waals surface area contributed by atoms with Crippen molar-refractivity contribution in [3.63, 3.8) is 0 Å². The van der Waals surface area contributed by atoms with Crippen LogP contribution in [0.3, 0.4) is 0 Å². The van der Waals surface area contributed by atoms with Gasteiger partial charge >= 0.3 is 5.97 Å². The lowest BCUT2D eigenvalue weighted by atomic mass is 10.2. The summed E-state index contributed by atoms with van der Waals surface area (Å²) in [6, 6.07) is 4.74. The summed E-state index contributed by atoms with van der Waals surface area (Å²) in [4.78, 5) is 22.3. The molecule has 0 saturated carbocycles. The Kier molecular flexibility index (Phi) is 5.78. The molecule has 2 N–H and O–H groups in total. The molecule has 1 aromatic carbocycles. The van der Waals surface area contributed by atoms with Crippen LogP contribution in [0.1, 0.15) is 19.8 Å². The van der Waals surface area contributed by atoms with E-state index in [1.54, 1.807) is 6.07 Å². The van der Waals surface area contributed by atoms with Gasteiger partial charge in [-0.05, 0) is 18.6 Å². The number of nitrogens with one attached hydrogen (secondary N) is 1. The Hall–Kier alpha value is -2.11. The third-order valence-electron chi connectivity index (χ3n) is 2.41. The highest BCUT2D eigenvalue weighted by molar-refractivity contribution is 5.84. The van der Waals surface area contributed by atoms with E-state index in [1.165, 1.54) is 18.2 Å². The van der Waals surface area contributed by atoms with Crippen LogP contribution in [0.2, 0.25) is 0 Å². The van der Waals surface area contributed by atoms with Crippen molar-refractivity contribution in [1.82, 2.24) is 5.32 Å². The Balaban J connectivity index is 2.47. The smallest absolute Gasteiger partial charge is 0.326 e. The lowest BCUT2D eigenvalue weighted by molar-refractivity contribution is -0.142. The number of carbonyl (C=O) groups excluding carboxylic acids is 1. The van der Waals surface area contributed by atoms with Crippen LogP contribution in [0.25, 0.3) is 0 Å². The molecule has 0 aromatic heterocycles. The van der Waals surface area contributed by atoms with Crippen molar-refractivity contribution >= 4 is 11.9 Å². The zero-order chi connectivity index (χ0) is 14.3. The molecular weight excluding hydrogens is 253 g/mol. The van der Waals surface area contributed by atoms with Crippen LogP contribution in [-0.4, -0.2) is 29.6 Å². The minimum atomic E-state index is -1.10. The molecule has 0 spiro atoms. The first-order valence-electron chi connectivity index (χ1n) is 5.94. The van der Waals surface area contributed by atoms with Gasteiger partial charge in [0, 0.05) is 0 Å². The van der Waals surface area contributed by atoms with Gasteiger partial charge in [-0.25, -0.2) is 9.18 Å². The molecular formula is C13H16FNO4. The Morgan fingerprint density at radius 2 is 2.11 bits per heavy atom. The first-order valence-corrected chi connectivity index (χ1v) is 5.94. The molecule has 0 heterocycles. The van der Waals surface area contributed by atoms with Gasteiger partial charge in [-0.15, -0.1) is 0 Å². The number of carboxylic acids is 1. The lowest BCUT2D eigenvalue weighted by Gasteiger charge is -2.14. The topological polar surface area (TPSA) is 75.6 Å². The van der Waals surface area contributed by atoms with E-state index >= 15 is 0 Å². The standard InChI is InChI=1S/C13H16FNO4/c1-2-5-10(13(17)18)15-12(16)8-19-11-7-4-3-6-9(11)14/h3-4,6-7,10H,2,5,8H2,1H3,(H,15,16)(H,17,18)/t10-/m1/s1. The lowest BCUT2D eigenvalue weighted by Crippen LogP contribution is -2.42. The molecule has 0 bridgehead atoms. The monoisotopic (exact) mass is 269 g/mol. The molecule has 6 heteroatoms. The Labute approximate surface area is 110 Å². The van der Waals surface area contributed by atoms with Crippen LogP contribution in [0, 0.1) is 5.82 Å². The number of aliphatic carboxylic acids is 1. The minimum Gasteiger partial charge on any atom is -0.481 e. The summed E-state index contributed by atoms with van der Waals surface area (Å²) < 4.78 is 18.2. The first kappa shape index (κ1) is 14.9. The predicted octanol–water partition coefficient (Wildman–Crippen LogP) is 1.57. The van der Waals surface area contributed by atoms with E-state index in [4.69, 9.17) is 9.84 Å². The van der Waals surface area contributed by atoms with Gasteiger partial charge in [0.2, 0.25) is 0 Å². The van der Waals surface area contributed by atoms with Gasteiger partial charge in [-0.2, -0.15) is 0 Å². The van der Waals surface area contributed by atoms with Gasteiger partial charge in [0.25, 0.3) is 5.91 Å². The molecule has 5 nitrogen and oxygen atoms in total. The fourth-order valence-electron chi connectivity index (χ4n) is 1.49. The van der Waals surface area contributed by atoms with Gasteiger partial charge in [-0.3, -0.25) is 4.79 Å². The largest absolute Gasteiger partial charge is 0.481 e. The van der Waals surface area contributed by atoms with E-state index in [1.807, 2.05) is 6.92 Å². The van der Waals surface area contributed by atoms with E-state index in [0.29, 0.717) is 12.8 Å². The molecule has 0 saturated heterocycles. The van der Waals surface area contributed by atoms with Gasteiger partial charge < -0.3 is 15.2 Å². The van der Waals surface area contributed by atoms with Crippen molar-refractivity contribution < 1.29 is 23.8 Å². The second kappa shape index (κ2) is 7.35. The number of rotatable bonds is 7.